The number of aromatic carboxylic acids is 1. The van der Waals surface area contributed by atoms with Gasteiger partial charge in [0, 0.05) is 44.1 Å². The molecule has 3 aromatic rings. The first-order valence-electron chi connectivity index (χ1n) is 12.6. The van der Waals surface area contributed by atoms with Gasteiger partial charge in [0.25, 0.3) is 5.91 Å². The van der Waals surface area contributed by atoms with Crippen LogP contribution in [0.25, 0.3) is 10.9 Å². The lowest BCUT2D eigenvalue weighted by atomic mass is 10.0. The molecule has 11 nitrogen and oxygen atoms in total. The highest BCUT2D eigenvalue weighted by atomic mass is 16.6. The van der Waals surface area contributed by atoms with Gasteiger partial charge in [-0.05, 0) is 36.8 Å². The van der Waals surface area contributed by atoms with Gasteiger partial charge in [-0.3, -0.25) is 9.59 Å². The number of hydrogen-bond donors (Lipinski definition) is 2. The first-order valence-corrected chi connectivity index (χ1v) is 12.6. The molecule has 2 heterocycles. The average Bonchev–Trinajstić information content (AvgIpc) is 2.96. The molecule has 0 saturated carbocycles. The van der Waals surface area contributed by atoms with Crippen LogP contribution in [0.1, 0.15) is 33.3 Å². The minimum Gasteiger partial charge on any atom is -0.496 e. The van der Waals surface area contributed by atoms with Gasteiger partial charge in [0.05, 0.1) is 24.8 Å². The molecule has 1 unspecified atom stereocenters. The molecule has 0 aliphatic carbocycles. The maximum atomic E-state index is 13.6. The van der Waals surface area contributed by atoms with Crippen LogP contribution in [0.3, 0.4) is 0 Å². The molecule has 2 aromatic carbocycles. The topological polar surface area (TPSA) is 138 Å². The largest absolute Gasteiger partial charge is 0.496 e. The maximum Gasteiger partial charge on any atom is 0.409 e. The molecule has 0 bridgehead atoms. The van der Waals surface area contributed by atoms with Crippen LogP contribution in [-0.4, -0.2) is 89.7 Å². The Balaban J connectivity index is 1.56. The SMILES string of the molecule is CCOC(=O)N1CCN(C(=O)C(Cc2ccc(C(=O)O)cc2)NC(=O)c2cc(OC)c3ccccc3n2)CC1. The average molecular weight is 535 g/mol. The highest BCUT2D eigenvalue weighted by molar-refractivity contribution is 5.99. The van der Waals surface area contributed by atoms with Crippen LogP contribution in [0.15, 0.2) is 54.6 Å². The number of carbonyl (C=O) groups is 4. The molecular weight excluding hydrogens is 504 g/mol. The van der Waals surface area contributed by atoms with Crippen molar-refractivity contribution in [3.05, 3.63) is 71.4 Å². The molecule has 1 aliphatic heterocycles. The maximum absolute atomic E-state index is 13.6. The third-order valence-electron chi connectivity index (χ3n) is 6.49. The number of carboxylic acid groups (broad SMARTS) is 1. The zero-order chi connectivity index (χ0) is 27.9. The first kappa shape index (κ1) is 27.4. The molecular formula is C28H30N4O7. The number of fused-ring (bicyclic) bond motifs is 1. The van der Waals surface area contributed by atoms with E-state index in [2.05, 4.69) is 10.3 Å². The van der Waals surface area contributed by atoms with E-state index in [0.29, 0.717) is 29.9 Å². The molecule has 2 N–H and O–H groups in total. The summed E-state index contributed by atoms with van der Waals surface area (Å²) in [6, 6.07) is 14.0. The van der Waals surface area contributed by atoms with Gasteiger partial charge in [-0.25, -0.2) is 14.6 Å². The van der Waals surface area contributed by atoms with Crippen molar-refractivity contribution in [2.24, 2.45) is 0 Å². The molecule has 1 aliphatic rings. The van der Waals surface area contributed by atoms with E-state index >= 15 is 0 Å². The number of para-hydroxylation sites is 1. The Morgan fingerprint density at radius 2 is 1.67 bits per heavy atom. The number of methoxy groups -OCH3 is 1. The van der Waals surface area contributed by atoms with Crippen molar-refractivity contribution in [2.75, 3.05) is 39.9 Å². The Bertz CT molecular complexity index is 1370. The van der Waals surface area contributed by atoms with E-state index in [-0.39, 0.29) is 43.3 Å². The number of piperazine rings is 1. The van der Waals surface area contributed by atoms with Gasteiger partial charge in [-0.2, -0.15) is 0 Å². The zero-order valence-corrected chi connectivity index (χ0v) is 21.8. The summed E-state index contributed by atoms with van der Waals surface area (Å²) in [5, 5.41) is 12.8. The summed E-state index contributed by atoms with van der Waals surface area (Å²) in [7, 11) is 1.51. The predicted molar refractivity (Wildman–Crippen MR) is 142 cm³/mol. The van der Waals surface area contributed by atoms with Crippen molar-refractivity contribution in [2.45, 2.75) is 19.4 Å². The molecule has 3 amide bonds. The first-order chi connectivity index (χ1) is 18.8. The van der Waals surface area contributed by atoms with E-state index in [1.165, 1.54) is 30.2 Å². The van der Waals surface area contributed by atoms with Crippen molar-refractivity contribution in [1.29, 1.82) is 0 Å². The number of aromatic nitrogens is 1. The Kier molecular flexibility index (Phi) is 8.60. The van der Waals surface area contributed by atoms with Crippen LogP contribution in [0, 0.1) is 0 Å². The smallest absolute Gasteiger partial charge is 0.409 e. The van der Waals surface area contributed by atoms with Gasteiger partial charge in [0.2, 0.25) is 5.91 Å². The van der Waals surface area contributed by atoms with Gasteiger partial charge >= 0.3 is 12.1 Å². The van der Waals surface area contributed by atoms with Gasteiger partial charge in [-0.15, -0.1) is 0 Å². The summed E-state index contributed by atoms with van der Waals surface area (Å²) in [4.78, 5) is 57.9. The van der Waals surface area contributed by atoms with Gasteiger partial charge in [0.15, 0.2) is 0 Å². The molecule has 39 heavy (non-hydrogen) atoms. The van der Waals surface area contributed by atoms with Crippen LogP contribution in [0.4, 0.5) is 4.79 Å². The fourth-order valence-corrected chi connectivity index (χ4v) is 4.42. The van der Waals surface area contributed by atoms with Gasteiger partial charge in [0.1, 0.15) is 17.5 Å². The Labute approximate surface area is 225 Å². The molecule has 1 fully saturated rings. The molecule has 1 saturated heterocycles. The van der Waals surface area contributed by atoms with Crippen LogP contribution >= 0.6 is 0 Å². The number of carbonyl (C=O) groups excluding carboxylic acids is 3. The van der Waals surface area contributed by atoms with E-state index in [4.69, 9.17) is 9.47 Å². The van der Waals surface area contributed by atoms with E-state index in [9.17, 15) is 24.3 Å². The standard InChI is InChI=1S/C28H30N4O7/c1-3-39-28(37)32-14-12-31(13-15-32)26(34)23(16-18-8-10-19(11-9-18)27(35)36)30-25(33)22-17-24(38-2)20-6-4-5-7-21(20)29-22/h4-11,17,23H,3,12-16H2,1-2H3,(H,30,33)(H,35,36). The quantitative estimate of drug-likeness (QED) is 0.450. The molecule has 1 aromatic heterocycles. The molecule has 204 valence electrons. The zero-order valence-electron chi connectivity index (χ0n) is 21.8. The minimum atomic E-state index is -1.06. The number of nitrogens with zero attached hydrogens (tertiary/aromatic N) is 3. The summed E-state index contributed by atoms with van der Waals surface area (Å²) in [6.45, 7) is 3.17. The highest BCUT2D eigenvalue weighted by Crippen LogP contribution is 2.25. The van der Waals surface area contributed by atoms with Crippen molar-refractivity contribution in [3.63, 3.8) is 0 Å². The number of nitrogens with one attached hydrogen (secondary N) is 1. The Morgan fingerprint density at radius 3 is 2.31 bits per heavy atom. The second-order valence-electron chi connectivity index (χ2n) is 8.97. The van der Waals surface area contributed by atoms with Crippen molar-refractivity contribution >= 4 is 34.8 Å². The summed E-state index contributed by atoms with van der Waals surface area (Å²) < 4.78 is 10.5. The van der Waals surface area contributed by atoms with Crippen molar-refractivity contribution in [3.8, 4) is 5.75 Å². The summed E-state index contributed by atoms with van der Waals surface area (Å²) in [6.07, 6.45) is -0.294. The van der Waals surface area contributed by atoms with E-state index in [1.54, 1.807) is 36.1 Å². The second kappa shape index (κ2) is 12.2. The Hall–Kier alpha value is -4.67. The summed E-state index contributed by atoms with van der Waals surface area (Å²) >= 11 is 0. The fraction of sp³-hybridized carbons (Fsp3) is 0.321. The second-order valence-corrected chi connectivity index (χ2v) is 8.97. The number of pyridine rings is 1. The van der Waals surface area contributed by atoms with Crippen LogP contribution in [0.5, 0.6) is 5.75 Å². The Morgan fingerprint density at radius 1 is 1.00 bits per heavy atom. The lowest BCUT2D eigenvalue weighted by Gasteiger charge is -2.36. The number of rotatable bonds is 8. The summed E-state index contributed by atoms with van der Waals surface area (Å²) in [5.41, 5.74) is 1.46. The van der Waals surface area contributed by atoms with Crippen LogP contribution < -0.4 is 10.1 Å². The van der Waals surface area contributed by atoms with Crippen molar-refractivity contribution in [1.82, 2.24) is 20.1 Å². The lowest BCUT2D eigenvalue weighted by molar-refractivity contribution is -0.134. The lowest BCUT2D eigenvalue weighted by Crippen LogP contribution is -2.56. The van der Waals surface area contributed by atoms with Crippen LogP contribution in [0.2, 0.25) is 0 Å². The molecule has 0 spiro atoms. The van der Waals surface area contributed by atoms with E-state index in [0.717, 1.165) is 5.39 Å². The third kappa shape index (κ3) is 6.43. The van der Waals surface area contributed by atoms with E-state index in [1.807, 2.05) is 12.1 Å². The fourth-order valence-electron chi connectivity index (χ4n) is 4.42. The number of hydrogen-bond acceptors (Lipinski definition) is 7. The predicted octanol–water partition coefficient (Wildman–Crippen LogP) is 2.58. The highest BCUT2D eigenvalue weighted by Gasteiger charge is 2.31. The number of amides is 3. The normalized spacial score (nSPS) is 14.0. The number of ether oxygens (including phenoxy) is 2. The molecule has 1 atom stereocenters. The van der Waals surface area contributed by atoms with Gasteiger partial charge < -0.3 is 29.7 Å². The van der Waals surface area contributed by atoms with E-state index < -0.39 is 24.0 Å². The minimum absolute atomic E-state index is 0.0942. The van der Waals surface area contributed by atoms with Crippen LogP contribution in [-0.2, 0) is 16.0 Å². The monoisotopic (exact) mass is 534 g/mol. The number of carboxylic acids is 1. The number of benzene rings is 2. The van der Waals surface area contributed by atoms with Gasteiger partial charge in [-0.1, -0.05) is 24.3 Å². The molecule has 4 rings (SSSR count). The molecule has 11 heteroatoms. The summed E-state index contributed by atoms with van der Waals surface area (Å²) in [5.74, 6) is -1.45. The molecule has 0 radical (unpaired) electrons. The third-order valence-corrected chi connectivity index (χ3v) is 6.49. The van der Waals surface area contributed by atoms with Crippen molar-refractivity contribution < 1.29 is 33.8 Å².